The van der Waals surface area contributed by atoms with Crippen molar-refractivity contribution in [1.29, 1.82) is 0 Å². The van der Waals surface area contributed by atoms with Gasteiger partial charge in [-0.3, -0.25) is 9.89 Å². The van der Waals surface area contributed by atoms with E-state index < -0.39 is 0 Å². The van der Waals surface area contributed by atoms with E-state index in [0.29, 0.717) is 27.5 Å². The first-order valence-electron chi connectivity index (χ1n) is 5.72. The van der Waals surface area contributed by atoms with Gasteiger partial charge >= 0.3 is 0 Å². The number of H-pyrrole nitrogens is 1. The molecule has 2 rings (SSSR count). The van der Waals surface area contributed by atoms with Crippen molar-refractivity contribution in [3.05, 3.63) is 40.1 Å². The van der Waals surface area contributed by atoms with Gasteiger partial charge in [0.15, 0.2) is 5.16 Å². The second-order valence-electron chi connectivity index (χ2n) is 4.08. The molecule has 0 radical (unpaired) electrons. The minimum Gasteiger partial charge on any atom is -0.341 e. The summed E-state index contributed by atoms with van der Waals surface area (Å²) in [4.78, 5) is 17.6. The molecule has 8 heteroatoms. The summed E-state index contributed by atoms with van der Waals surface area (Å²) < 4.78 is 0. The van der Waals surface area contributed by atoms with Crippen molar-refractivity contribution in [2.45, 2.75) is 11.7 Å². The number of amides is 1. The molecular weight excluding hydrogens is 319 g/mol. The van der Waals surface area contributed by atoms with E-state index in [1.54, 1.807) is 24.1 Å². The third-order valence-electron chi connectivity index (χ3n) is 2.55. The van der Waals surface area contributed by atoms with Crippen LogP contribution in [0.5, 0.6) is 0 Å². The number of thioether (sulfide) groups is 1. The molecule has 5 nitrogen and oxygen atoms in total. The summed E-state index contributed by atoms with van der Waals surface area (Å²) in [5.74, 6) is 0.296. The first-order valence-corrected chi connectivity index (χ1v) is 7.46. The maximum atomic E-state index is 12.0. The fraction of sp³-hybridized carbons (Fsp3) is 0.250. The minimum absolute atomic E-state index is 0.00234. The quantitative estimate of drug-likeness (QED) is 0.856. The van der Waals surface area contributed by atoms with Crippen molar-refractivity contribution >= 4 is 40.9 Å². The van der Waals surface area contributed by atoms with Gasteiger partial charge in [-0.2, -0.15) is 5.10 Å². The van der Waals surface area contributed by atoms with E-state index in [4.69, 9.17) is 23.2 Å². The predicted molar refractivity (Wildman–Crippen MR) is 80.0 cm³/mol. The van der Waals surface area contributed by atoms with Crippen molar-refractivity contribution in [1.82, 2.24) is 20.1 Å². The maximum absolute atomic E-state index is 12.0. The molecule has 0 spiro atoms. The van der Waals surface area contributed by atoms with E-state index in [1.165, 1.54) is 18.1 Å². The van der Waals surface area contributed by atoms with E-state index in [2.05, 4.69) is 15.2 Å². The van der Waals surface area contributed by atoms with Crippen LogP contribution < -0.4 is 0 Å². The van der Waals surface area contributed by atoms with Crippen LogP contribution in [0.4, 0.5) is 0 Å². The molecule has 0 saturated heterocycles. The Kier molecular flexibility index (Phi) is 5.28. The van der Waals surface area contributed by atoms with Crippen LogP contribution >= 0.6 is 35.0 Å². The number of benzene rings is 1. The highest BCUT2D eigenvalue weighted by molar-refractivity contribution is 7.99. The van der Waals surface area contributed by atoms with Gasteiger partial charge in [-0.05, 0) is 17.7 Å². The second-order valence-corrected chi connectivity index (χ2v) is 5.86. The SMILES string of the molecule is CN(Cc1ccc(Cl)c(Cl)c1)C(=O)CSc1ncn[nH]1. The Bertz CT molecular complexity index is 591. The number of aromatic nitrogens is 3. The lowest BCUT2D eigenvalue weighted by molar-refractivity contribution is -0.127. The fourth-order valence-electron chi connectivity index (χ4n) is 1.50. The third kappa shape index (κ3) is 4.13. The summed E-state index contributed by atoms with van der Waals surface area (Å²) >= 11 is 13.1. The highest BCUT2D eigenvalue weighted by atomic mass is 35.5. The number of aromatic amines is 1. The first-order chi connectivity index (χ1) is 9.56. The summed E-state index contributed by atoms with van der Waals surface area (Å²) in [6.07, 6.45) is 1.41. The van der Waals surface area contributed by atoms with E-state index in [-0.39, 0.29) is 5.91 Å². The van der Waals surface area contributed by atoms with Gasteiger partial charge in [0.2, 0.25) is 5.91 Å². The van der Waals surface area contributed by atoms with Crippen molar-refractivity contribution in [3.63, 3.8) is 0 Å². The standard InChI is InChI=1S/C12H12Cl2N4OS/c1-18(5-8-2-3-9(13)10(14)4-8)11(19)6-20-12-15-7-16-17-12/h2-4,7H,5-6H2,1H3,(H,15,16,17). The van der Waals surface area contributed by atoms with Crippen molar-refractivity contribution in [3.8, 4) is 0 Å². The molecule has 0 aliphatic carbocycles. The topological polar surface area (TPSA) is 61.9 Å². The lowest BCUT2D eigenvalue weighted by atomic mass is 10.2. The number of halogens is 2. The Labute approximate surface area is 130 Å². The fourth-order valence-corrected chi connectivity index (χ4v) is 2.54. The number of nitrogens with one attached hydrogen (secondary N) is 1. The summed E-state index contributed by atoms with van der Waals surface area (Å²) in [5, 5.41) is 8.03. The number of hydrogen-bond acceptors (Lipinski definition) is 4. The Morgan fingerprint density at radius 1 is 1.40 bits per heavy atom. The van der Waals surface area contributed by atoms with E-state index in [9.17, 15) is 4.79 Å². The van der Waals surface area contributed by atoms with Crippen LogP contribution in [0.2, 0.25) is 10.0 Å². The zero-order valence-electron chi connectivity index (χ0n) is 10.6. The van der Waals surface area contributed by atoms with Crippen LogP contribution in [0.25, 0.3) is 0 Å². The van der Waals surface area contributed by atoms with Crippen molar-refractivity contribution in [2.24, 2.45) is 0 Å². The number of carbonyl (C=O) groups excluding carboxylic acids is 1. The molecule has 0 unspecified atom stereocenters. The highest BCUT2D eigenvalue weighted by Crippen LogP contribution is 2.23. The second kappa shape index (κ2) is 6.97. The molecular formula is C12H12Cl2N4OS. The molecule has 0 atom stereocenters. The van der Waals surface area contributed by atoms with Crippen LogP contribution in [0.1, 0.15) is 5.56 Å². The largest absolute Gasteiger partial charge is 0.341 e. The molecule has 0 saturated carbocycles. The van der Waals surface area contributed by atoms with E-state index >= 15 is 0 Å². The van der Waals surface area contributed by atoms with Gasteiger partial charge in [-0.15, -0.1) is 0 Å². The molecule has 0 aliphatic heterocycles. The predicted octanol–water partition coefficient (Wildman–Crippen LogP) is 2.86. The lowest BCUT2D eigenvalue weighted by Crippen LogP contribution is -2.27. The maximum Gasteiger partial charge on any atom is 0.233 e. The summed E-state index contributed by atoms with van der Waals surface area (Å²) in [5.41, 5.74) is 0.930. The molecule has 1 amide bonds. The normalized spacial score (nSPS) is 10.6. The molecule has 1 N–H and O–H groups in total. The van der Waals surface area contributed by atoms with Gasteiger partial charge in [-0.25, -0.2) is 4.98 Å². The summed E-state index contributed by atoms with van der Waals surface area (Å²) in [6.45, 7) is 0.479. The van der Waals surface area contributed by atoms with Gasteiger partial charge in [0.25, 0.3) is 0 Å². The molecule has 2 aromatic rings. The van der Waals surface area contributed by atoms with Gasteiger partial charge in [0.05, 0.1) is 15.8 Å². The zero-order valence-corrected chi connectivity index (χ0v) is 13.0. The molecule has 1 aromatic heterocycles. The summed E-state index contributed by atoms with van der Waals surface area (Å²) in [6, 6.07) is 5.33. The smallest absolute Gasteiger partial charge is 0.233 e. The molecule has 106 valence electrons. The number of carbonyl (C=O) groups is 1. The average molecular weight is 331 g/mol. The van der Waals surface area contributed by atoms with Crippen molar-refractivity contribution < 1.29 is 4.79 Å². The Balaban J connectivity index is 1.88. The van der Waals surface area contributed by atoms with Crippen LogP contribution in [-0.4, -0.2) is 38.8 Å². The van der Waals surface area contributed by atoms with Gasteiger partial charge in [0.1, 0.15) is 6.33 Å². The van der Waals surface area contributed by atoms with Crippen LogP contribution in [0.3, 0.4) is 0 Å². The molecule has 1 heterocycles. The lowest BCUT2D eigenvalue weighted by Gasteiger charge is -2.17. The molecule has 0 aliphatic rings. The average Bonchev–Trinajstić information content (AvgIpc) is 2.93. The molecule has 0 bridgehead atoms. The molecule has 1 aromatic carbocycles. The highest BCUT2D eigenvalue weighted by Gasteiger charge is 2.11. The number of hydrogen-bond donors (Lipinski definition) is 1. The van der Waals surface area contributed by atoms with Crippen molar-refractivity contribution in [2.75, 3.05) is 12.8 Å². The zero-order chi connectivity index (χ0) is 14.5. The molecule has 0 fully saturated rings. The summed E-state index contributed by atoms with van der Waals surface area (Å²) in [7, 11) is 1.74. The van der Waals surface area contributed by atoms with Crippen LogP contribution in [0.15, 0.2) is 29.7 Å². The first kappa shape index (κ1) is 15.2. The van der Waals surface area contributed by atoms with E-state index in [1.807, 2.05) is 6.07 Å². The van der Waals surface area contributed by atoms with Gasteiger partial charge in [0, 0.05) is 13.6 Å². The third-order valence-corrected chi connectivity index (χ3v) is 4.16. The van der Waals surface area contributed by atoms with Gasteiger partial charge < -0.3 is 4.90 Å². The van der Waals surface area contributed by atoms with Gasteiger partial charge in [-0.1, -0.05) is 41.0 Å². The number of rotatable bonds is 5. The monoisotopic (exact) mass is 330 g/mol. The van der Waals surface area contributed by atoms with E-state index in [0.717, 1.165) is 5.56 Å². The number of nitrogens with zero attached hydrogens (tertiary/aromatic N) is 3. The Morgan fingerprint density at radius 3 is 2.85 bits per heavy atom. The Hall–Kier alpha value is -1.24. The minimum atomic E-state index is -0.00234. The molecule has 20 heavy (non-hydrogen) atoms. The van der Waals surface area contributed by atoms with Crippen LogP contribution in [0, 0.1) is 0 Å². The van der Waals surface area contributed by atoms with Crippen LogP contribution in [-0.2, 0) is 11.3 Å². The Morgan fingerprint density at radius 2 is 2.20 bits per heavy atom.